The van der Waals surface area contributed by atoms with Gasteiger partial charge in [-0.15, -0.1) is 0 Å². The van der Waals surface area contributed by atoms with Crippen LogP contribution < -0.4 is 21.3 Å². The van der Waals surface area contributed by atoms with Gasteiger partial charge in [0.25, 0.3) is 21.5 Å². The molecule has 0 saturated heterocycles. The van der Waals surface area contributed by atoms with Crippen molar-refractivity contribution in [3.8, 4) is 16.9 Å². The van der Waals surface area contributed by atoms with Gasteiger partial charge in [0.1, 0.15) is 36.2 Å². The van der Waals surface area contributed by atoms with Crippen LogP contribution in [0.15, 0.2) is 100 Å². The smallest absolute Gasteiger partial charge is 0.337 e. The lowest BCUT2D eigenvalue weighted by Gasteiger charge is -2.34. The van der Waals surface area contributed by atoms with Crippen molar-refractivity contribution < 1.29 is 36.3 Å². The average molecular weight is 869 g/mol. The molecule has 1 amide bonds. The van der Waals surface area contributed by atoms with Crippen LogP contribution in [0.2, 0.25) is 0 Å². The second kappa shape index (κ2) is 17.7. The van der Waals surface area contributed by atoms with Gasteiger partial charge in [0.05, 0.1) is 33.2 Å². The number of methoxy groups -OCH3 is 1. The summed E-state index contributed by atoms with van der Waals surface area (Å²) in [5.41, 5.74) is -0.877. The zero-order valence-corrected chi connectivity index (χ0v) is 34.9. The van der Waals surface area contributed by atoms with Crippen LogP contribution in [0, 0.1) is 17.0 Å². The third-order valence-electron chi connectivity index (χ3n) is 10.7. The average Bonchev–Trinajstić information content (AvgIpc) is 3.25. The molecular weight excluding hydrogens is 827 g/mol. The van der Waals surface area contributed by atoms with Crippen LogP contribution in [-0.2, 0) is 44.4 Å². The zero-order valence-electron chi connectivity index (χ0n) is 34.1. The highest BCUT2D eigenvalue weighted by Crippen LogP contribution is 2.36. The Morgan fingerprint density at radius 2 is 1.63 bits per heavy atom. The largest absolute Gasteiger partial charge is 0.461 e. The summed E-state index contributed by atoms with van der Waals surface area (Å²) in [5, 5.41) is 2.69. The number of carbonyl (C=O) groups is 2. The van der Waals surface area contributed by atoms with Crippen LogP contribution in [0.1, 0.15) is 61.3 Å². The minimum atomic E-state index is -4.43. The van der Waals surface area contributed by atoms with Crippen molar-refractivity contribution in [3.63, 3.8) is 0 Å². The van der Waals surface area contributed by atoms with E-state index in [1.807, 2.05) is 4.72 Å². The summed E-state index contributed by atoms with van der Waals surface area (Å²) in [6, 6.07) is 9.57. The number of nitrogens with zero attached hydrogens (tertiary/aromatic N) is 6. The van der Waals surface area contributed by atoms with Crippen molar-refractivity contribution in [2.75, 3.05) is 11.8 Å². The fraction of sp³-hybridized carbons (Fsp3) is 0.302. The quantitative estimate of drug-likeness (QED) is 0.147. The van der Waals surface area contributed by atoms with Gasteiger partial charge in [0, 0.05) is 57.0 Å². The molecule has 2 aromatic carbocycles. The van der Waals surface area contributed by atoms with E-state index in [9.17, 15) is 27.6 Å². The van der Waals surface area contributed by atoms with Gasteiger partial charge in [0.2, 0.25) is 0 Å². The van der Waals surface area contributed by atoms with Gasteiger partial charge in [-0.25, -0.2) is 46.3 Å². The molecule has 16 nitrogen and oxygen atoms in total. The number of sulfonamides is 1. The summed E-state index contributed by atoms with van der Waals surface area (Å²) in [7, 11) is -1.43. The van der Waals surface area contributed by atoms with Crippen molar-refractivity contribution >= 4 is 38.5 Å². The summed E-state index contributed by atoms with van der Waals surface area (Å²) in [6.07, 6.45) is 9.34. The minimum absolute atomic E-state index is 0.00400. The molecule has 0 aliphatic heterocycles. The number of rotatable bonds is 13. The van der Waals surface area contributed by atoms with E-state index in [1.165, 1.54) is 79.8 Å². The number of ether oxygens (including phenoxy) is 2. The zero-order chi connectivity index (χ0) is 44.3. The number of fused-ring (bicyclic) bond motifs is 1. The molecule has 0 bridgehead atoms. The Bertz CT molecular complexity index is 2880. The maximum Gasteiger partial charge on any atom is 0.337 e. The number of anilines is 1. The Morgan fingerprint density at radius 3 is 2.29 bits per heavy atom. The number of pyridine rings is 2. The number of carbonyl (C=O) groups excluding carboxylic acids is 2. The van der Waals surface area contributed by atoms with Crippen LogP contribution in [0.4, 0.5) is 14.5 Å². The lowest BCUT2D eigenvalue weighted by molar-refractivity contribution is -0.154. The molecule has 1 atom stereocenters. The molecule has 7 rings (SSSR count). The SMILES string of the molecule is COCc1ncc(-c2ccc(S(=O)(=O)Nc3cc(F)c(C(=O)N[C@@H](Cc4ccc(-n5c(=O)c6ccncc6n(C)c5=O)nc4)C(=O)OC4CCC(C)(C)CC4)cc3F)cc2)cn1. The van der Waals surface area contributed by atoms with E-state index in [1.54, 1.807) is 12.4 Å². The number of amides is 1. The molecule has 0 spiro atoms. The fourth-order valence-corrected chi connectivity index (χ4v) is 8.16. The predicted octanol–water partition coefficient (Wildman–Crippen LogP) is 5.01. The monoisotopic (exact) mass is 868 g/mol. The van der Waals surface area contributed by atoms with Crippen LogP contribution in [-0.4, -0.2) is 68.6 Å². The van der Waals surface area contributed by atoms with Crippen molar-refractivity contribution in [1.82, 2.24) is 34.4 Å². The van der Waals surface area contributed by atoms with Gasteiger partial charge in [-0.05, 0) is 72.6 Å². The van der Waals surface area contributed by atoms with Crippen LogP contribution >= 0.6 is 0 Å². The van der Waals surface area contributed by atoms with Gasteiger partial charge in [-0.3, -0.25) is 23.9 Å². The van der Waals surface area contributed by atoms with Crippen molar-refractivity contribution in [2.24, 2.45) is 12.5 Å². The lowest BCUT2D eigenvalue weighted by atomic mass is 9.76. The molecule has 322 valence electrons. The van der Waals surface area contributed by atoms with E-state index in [0.29, 0.717) is 53.0 Å². The third-order valence-corrected chi connectivity index (χ3v) is 12.1. The van der Waals surface area contributed by atoms with Crippen molar-refractivity contribution in [3.05, 3.63) is 135 Å². The summed E-state index contributed by atoms with van der Waals surface area (Å²) < 4.78 is 72.6. The number of hydrogen-bond donors (Lipinski definition) is 2. The standard InChI is InChI=1S/C43H42F2N8O8S/c1-43(2)14-11-28(12-15-43)61-41(56)35(17-25-5-10-38(49-20-25)53-40(55)30-13-16-46-23-36(30)52(3)42(53)57)50-39(54)31-18-33(45)34(19-32(31)44)51-62(58,59)29-8-6-26(7-9-29)27-21-47-37(24-60-4)48-22-27/h5-10,13,16,18-23,28,35,51H,11-12,14-15,17,24H2,1-4H3,(H,50,54)/t35-/m0/s1. The Hall–Kier alpha value is -6.73. The van der Waals surface area contributed by atoms with Gasteiger partial charge in [-0.2, -0.15) is 0 Å². The topological polar surface area (TPSA) is 206 Å². The fourth-order valence-electron chi connectivity index (χ4n) is 7.11. The molecular formula is C43H42F2N8O8S. The molecule has 1 aliphatic carbocycles. The summed E-state index contributed by atoms with van der Waals surface area (Å²) in [6.45, 7) is 4.45. The molecule has 19 heteroatoms. The van der Waals surface area contributed by atoms with Gasteiger partial charge in [-0.1, -0.05) is 32.0 Å². The lowest BCUT2D eigenvalue weighted by Crippen LogP contribution is -2.45. The molecule has 0 unspecified atom stereocenters. The second-order valence-corrected chi connectivity index (χ2v) is 17.4. The molecule has 1 saturated carbocycles. The van der Waals surface area contributed by atoms with Gasteiger partial charge in [0.15, 0.2) is 5.82 Å². The second-order valence-electron chi connectivity index (χ2n) is 15.7. The summed E-state index contributed by atoms with van der Waals surface area (Å²) >= 11 is 0. The first-order chi connectivity index (χ1) is 29.5. The molecule has 6 aromatic rings. The number of esters is 1. The first-order valence-electron chi connectivity index (χ1n) is 19.5. The Kier molecular flexibility index (Phi) is 12.4. The molecule has 2 N–H and O–H groups in total. The van der Waals surface area contributed by atoms with Gasteiger partial charge < -0.3 is 14.8 Å². The highest BCUT2D eigenvalue weighted by Gasteiger charge is 2.32. The molecule has 4 heterocycles. The first kappa shape index (κ1) is 43.4. The molecule has 4 aromatic heterocycles. The molecule has 1 aliphatic rings. The molecule has 62 heavy (non-hydrogen) atoms. The number of halogens is 2. The highest BCUT2D eigenvalue weighted by atomic mass is 32.2. The Labute approximate surface area is 354 Å². The normalized spacial score (nSPS) is 14.6. The maximum absolute atomic E-state index is 15.6. The van der Waals surface area contributed by atoms with Crippen LogP contribution in [0.5, 0.6) is 0 Å². The summed E-state index contributed by atoms with van der Waals surface area (Å²) in [4.78, 5) is 70.2. The number of aryl methyl sites for hydroxylation is 1. The van der Waals surface area contributed by atoms with Gasteiger partial charge >= 0.3 is 11.7 Å². The summed E-state index contributed by atoms with van der Waals surface area (Å²) in [5.74, 6) is -4.09. The van der Waals surface area contributed by atoms with Crippen molar-refractivity contribution in [2.45, 2.75) is 69.6 Å². The van der Waals surface area contributed by atoms with E-state index in [4.69, 9.17) is 9.47 Å². The van der Waals surface area contributed by atoms with Crippen LogP contribution in [0.3, 0.4) is 0 Å². The van der Waals surface area contributed by atoms with Crippen LogP contribution in [0.25, 0.3) is 27.8 Å². The highest BCUT2D eigenvalue weighted by molar-refractivity contribution is 7.92. The third kappa shape index (κ3) is 9.42. The first-order valence-corrected chi connectivity index (χ1v) is 21.0. The number of hydrogen-bond acceptors (Lipinski definition) is 12. The van der Waals surface area contributed by atoms with E-state index in [2.05, 4.69) is 39.1 Å². The van der Waals surface area contributed by atoms with E-state index < -0.39 is 68.2 Å². The predicted molar refractivity (Wildman–Crippen MR) is 223 cm³/mol. The Morgan fingerprint density at radius 1 is 0.919 bits per heavy atom. The molecule has 1 fully saturated rings. The Balaban J connectivity index is 1.09. The number of nitrogens with one attached hydrogen (secondary N) is 2. The van der Waals surface area contributed by atoms with E-state index in [0.717, 1.165) is 17.4 Å². The number of aromatic nitrogens is 6. The van der Waals surface area contributed by atoms with Crippen molar-refractivity contribution in [1.29, 1.82) is 0 Å². The maximum atomic E-state index is 15.6. The molecule has 0 radical (unpaired) electrons. The van der Waals surface area contributed by atoms with E-state index in [-0.39, 0.29) is 34.5 Å². The van der Waals surface area contributed by atoms with E-state index >= 15 is 8.78 Å². The number of benzene rings is 2. The minimum Gasteiger partial charge on any atom is -0.461 e.